The number of piperidine rings is 1. The highest BCUT2D eigenvalue weighted by molar-refractivity contribution is 5.85. The van der Waals surface area contributed by atoms with Crippen molar-refractivity contribution in [1.82, 2.24) is 10.3 Å². The summed E-state index contributed by atoms with van der Waals surface area (Å²) in [6.45, 7) is 2.10. The normalized spacial score (nSPS) is 31.7. The first kappa shape index (κ1) is 10.6. The van der Waals surface area contributed by atoms with Crippen molar-refractivity contribution in [2.24, 2.45) is 11.8 Å². The molecule has 3 atom stereocenters. The lowest BCUT2D eigenvalue weighted by Crippen LogP contribution is -2.22. The molecule has 2 heterocycles. The zero-order chi connectivity index (χ0) is 9.54. The van der Waals surface area contributed by atoms with E-state index in [0.717, 1.165) is 13.1 Å². The average molecular weight is 230 g/mol. The van der Waals surface area contributed by atoms with Gasteiger partial charge in [0.05, 0.1) is 0 Å². The molecule has 15 heavy (non-hydrogen) atoms. The Morgan fingerprint density at radius 1 is 1.40 bits per heavy atom. The lowest BCUT2D eigenvalue weighted by molar-refractivity contribution is 0.619. The third-order valence-corrected chi connectivity index (χ3v) is 3.15. The van der Waals surface area contributed by atoms with Gasteiger partial charge >= 0.3 is 0 Å². The Kier molecular flexibility index (Phi) is 2.80. The minimum Gasteiger partial charge on any atom is -0.364 e. The lowest BCUT2D eigenvalue weighted by Gasteiger charge is -2.08. The van der Waals surface area contributed by atoms with E-state index in [4.69, 9.17) is 0 Å². The van der Waals surface area contributed by atoms with Gasteiger partial charge in [0.2, 0.25) is 0 Å². The van der Waals surface area contributed by atoms with E-state index < -0.39 is 0 Å². The molecule has 3 nitrogen and oxygen atoms in total. The summed E-state index contributed by atoms with van der Waals surface area (Å²) in [6, 6.07) is 3.47. The molecule has 3 rings (SSSR count). The van der Waals surface area contributed by atoms with Crippen molar-refractivity contribution in [3.63, 3.8) is 0 Å². The zero-order valence-electron chi connectivity index (χ0n) is 8.11. The van der Waals surface area contributed by atoms with Gasteiger partial charge in [-0.2, -0.15) is 0 Å². The summed E-state index contributed by atoms with van der Waals surface area (Å²) in [7, 11) is 0. The highest BCUT2D eigenvalue weighted by Crippen LogP contribution is 2.43. The molecule has 0 radical (unpaired) electrons. The molecule has 0 amide bonds. The summed E-state index contributed by atoms with van der Waals surface area (Å²) in [5.74, 6) is 1.49. The number of hydrogen-bond donors (Lipinski definition) is 2. The topological polar surface area (TPSA) is 37.0 Å². The number of halogens is 2. The van der Waals surface area contributed by atoms with Crippen molar-refractivity contribution in [2.75, 3.05) is 18.4 Å². The molecule has 1 aromatic heterocycles. The van der Waals surface area contributed by atoms with Crippen LogP contribution in [0, 0.1) is 17.7 Å². The van der Waals surface area contributed by atoms with Crippen LogP contribution in [0.15, 0.2) is 18.3 Å². The molecule has 0 spiro atoms. The van der Waals surface area contributed by atoms with Gasteiger partial charge in [-0.05, 0) is 24.0 Å². The van der Waals surface area contributed by atoms with Gasteiger partial charge in [0.15, 0.2) is 11.6 Å². The minimum atomic E-state index is -0.259. The summed E-state index contributed by atoms with van der Waals surface area (Å²) in [5.41, 5.74) is 0. The van der Waals surface area contributed by atoms with Crippen LogP contribution in [-0.2, 0) is 0 Å². The fourth-order valence-electron chi connectivity index (χ4n) is 2.28. The summed E-state index contributed by atoms with van der Waals surface area (Å²) in [6.07, 6.45) is 1.61. The number of anilines is 1. The highest BCUT2D eigenvalue weighted by atomic mass is 35.5. The SMILES string of the molecule is Cl.Fc1cccnc1NC1[C@H]2CNC[C@@H]12. The Labute approximate surface area is 93.9 Å². The van der Waals surface area contributed by atoms with E-state index in [0.29, 0.717) is 23.7 Å². The van der Waals surface area contributed by atoms with Crippen LogP contribution < -0.4 is 10.6 Å². The predicted molar refractivity (Wildman–Crippen MR) is 58.7 cm³/mol. The van der Waals surface area contributed by atoms with Crippen LogP contribution in [0.3, 0.4) is 0 Å². The summed E-state index contributed by atoms with van der Waals surface area (Å²) >= 11 is 0. The molecule has 0 bridgehead atoms. The minimum absolute atomic E-state index is 0. The van der Waals surface area contributed by atoms with E-state index in [9.17, 15) is 4.39 Å². The Morgan fingerprint density at radius 3 is 2.80 bits per heavy atom. The van der Waals surface area contributed by atoms with Crippen LogP contribution in [0.2, 0.25) is 0 Å². The van der Waals surface area contributed by atoms with Gasteiger partial charge in [-0.25, -0.2) is 9.37 Å². The molecule has 1 aliphatic heterocycles. The molecule has 82 valence electrons. The van der Waals surface area contributed by atoms with Gasteiger partial charge in [-0.15, -0.1) is 12.4 Å². The van der Waals surface area contributed by atoms with E-state index >= 15 is 0 Å². The second kappa shape index (κ2) is 3.94. The second-order valence-electron chi connectivity index (χ2n) is 3.99. The Morgan fingerprint density at radius 2 is 2.13 bits per heavy atom. The Balaban J connectivity index is 0.000000853. The van der Waals surface area contributed by atoms with Gasteiger partial charge in [-0.1, -0.05) is 0 Å². The van der Waals surface area contributed by atoms with Crippen molar-refractivity contribution in [1.29, 1.82) is 0 Å². The molecular weight excluding hydrogens is 217 g/mol. The van der Waals surface area contributed by atoms with Gasteiger partial charge in [-0.3, -0.25) is 0 Å². The first-order valence-corrected chi connectivity index (χ1v) is 4.94. The molecule has 0 aromatic carbocycles. The van der Waals surface area contributed by atoms with E-state index in [1.54, 1.807) is 12.3 Å². The van der Waals surface area contributed by atoms with Crippen LogP contribution in [0.1, 0.15) is 0 Å². The van der Waals surface area contributed by atoms with Crippen LogP contribution >= 0.6 is 12.4 Å². The van der Waals surface area contributed by atoms with Crippen molar-refractivity contribution >= 4 is 18.2 Å². The van der Waals surface area contributed by atoms with Gasteiger partial charge in [0.1, 0.15) is 0 Å². The number of hydrogen-bond acceptors (Lipinski definition) is 3. The van der Waals surface area contributed by atoms with Gasteiger partial charge in [0.25, 0.3) is 0 Å². The third kappa shape index (κ3) is 1.79. The summed E-state index contributed by atoms with van der Waals surface area (Å²) in [5, 5.41) is 6.46. The summed E-state index contributed by atoms with van der Waals surface area (Å²) < 4.78 is 13.2. The van der Waals surface area contributed by atoms with Gasteiger partial charge < -0.3 is 10.6 Å². The highest BCUT2D eigenvalue weighted by Gasteiger charge is 2.53. The number of pyridine rings is 1. The molecule has 2 fully saturated rings. The van der Waals surface area contributed by atoms with Gasteiger partial charge in [0, 0.05) is 25.3 Å². The lowest BCUT2D eigenvalue weighted by atomic mass is 10.4. The third-order valence-electron chi connectivity index (χ3n) is 3.15. The quantitative estimate of drug-likeness (QED) is 0.802. The molecule has 1 saturated carbocycles. The fraction of sp³-hybridized carbons (Fsp3) is 0.500. The van der Waals surface area contributed by atoms with Crippen molar-refractivity contribution in [2.45, 2.75) is 6.04 Å². The monoisotopic (exact) mass is 229 g/mol. The predicted octanol–water partition coefficient (Wildman–Crippen LogP) is 1.27. The maximum atomic E-state index is 13.2. The van der Waals surface area contributed by atoms with Crippen molar-refractivity contribution in [3.8, 4) is 0 Å². The number of nitrogens with zero attached hydrogens (tertiary/aromatic N) is 1. The van der Waals surface area contributed by atoms with Crippen LogP contribution in [0.25, 0.3) is 0 Å². The standard InChI is InChI=1S/C10H12FN3.ClH/c11-8-2-1-3-13-10(8)14-9-6-4-12-5-7(6)9;/h1-3,6-7,9,12H,4-5H2,(H,13,14);1H/t6-,7+,9?;. The maximum absolute atomic E-state index is 13.2. The number of fused-ring (bicyclic) bond motifs is 1. The largest absolute Gasteiger partial charge is 0.364 e. The number of nitrogens with one attached hydrogen (secondary N) is 2. The van der Waals surface area contributed by atoms with Crippen LogP contribution in [0.4, 0.5) is 10.2 Å². The van der Waals surface area contributed by atoms with E-state index in [1.165, 1.54) is 6.07 Å². The molecule has 1 aliphatic carbocycles. The second-order valence-corrected chi connectivity index (χ2v) is 3.99. The number of rotatable bonds is 2. The molecule has 1 unspecified atom stereocenters. The maximum Gasteiger partial charge on any atom is 0.165 e. The first-order chi connectivity index (χ1) is 6.86. The molecule has 1 aromatic rings. The Hall–Kier alpha value is -0.870. The average Bonchev–Trinajstić information content (AvgIpc) is 2.64. The Bertz CT molecular complexity index is 350. The van der Waals surface area contributed by atoms with Crippen LogP contribution in [0.5, 0.6) is 0 Å². The number of aromatic nitrogens is 1. The molecule has 1 saturated heterocycles. The molecule has 5 heteroatoms. The van der Waals surface area contributed by atoms with Crippen molar-refractivity contribution < 1.29 is 4.39 Å². The first-order valence-electron chi connectivity index (χ1n) is 4.94. The van der Waals surface area contributed by atoms with Crippen molar-refractivity contribution in [3.05, 3.63) is 24.1 Å². The summed E-state index contributed by atoms with van der Waals surface area (Å²) in [4.78, 5) is 3.98. The smallest absolute Gasteiger partial charge is 0.165 e. The molecule has 2 aliphatic rings. The van der Waals surface area contributed by atoms with E-state index in [1.807, 2.05) is 0 Å². The van der Waals surface area contributed by atoms with E-state index in [-0.39, 0.29) is 18.2 Å². The van der Waals surface area contributed by atoms with Crippen LogP contribution in [-0.4, -0.2) is 24.1 Å². The fourth-order valence-corrected chi connectivity index (χ4v) is 2.28. The molecule has 2 N–H and O–H groups in total. The van der Waals surface area contributed by atoms with E-state index in [2.05, 4.69) is 15.6 Å². The zero-order valence-corrected chi connectivity index (χ0v) is 8.93. The molecular formula is C10H13ClFN3.